The molecule has 3 rings (SSSR count). The van der Waals surface area contributed by atoms with Crippen LogP contribution in [0, 0.1) is 0 Å². The van der Waals surface area contributed by atoms with Gasteiger partial charge in [0.2, 0.25) is 0 Å². The van der Waals surface area contributed by atoms with Crippen LogP contribution < -0.4 is 15.4 Å². The molecule has 1 aromatic heterocycles. The summed E-state index contributed by atoms with van der Waals surface area (Å²) in [6.45, 7) is 2.43. The number of hydrogen-bond acceptors (Lipinski definition) is 5. The number of aromatic hydroxyl groups is 1. The first-order valence-electron chi connectivity index (χ1n) is 8.21. The Morgan fingerprint density at radius 2 is 1.92 bits per heavy atom. The molecule has 1 heterocycles. The van der Waals surface area contributed by atoms with Crippen LogP contribution in [0.2, 0.25) is 0 Å². The summed E-state index contributed by atoms with van der Waals surface area (Å²) in [5.41, 5.74) is 1.79. The minimum atomic E-state index is -0.256. The monoisotopic (exact) mass is 349 g/mol. The zero-order valence-electron chi connectivity index (χ0n) is 14.3. The van der Waals surface area contributed by atoms with Crippen LogP contribution in [0.3, 0.4) is 0 Å². The smallest absolute Gasteiger partial charge is 0.255 e. The average molecular weight is 349 g/mol. The second-order valence-electron chi connectivity index (χ2n) is 5.49. The number of benzene rings is 2. The predicted molar refractivity (Wildman–Crippen MR) is 101 cm³/mol. The first kappa shape index (κ1) is 17.3. The zero-order chi connectivity index (χ0) is 18.4. The van der Waals surface area contributed by atoms with Crippen molar-refractivity contribution in [3.05, 3.63) is 72.4 Å². The Balaban J connectivity index is 1.78. The van der Waals surface area contributed by atoms with Gasteiger partial charge in [0.05, 0.1) is 12.3 Å². The van der Waals surface area contributed by atoms with Crippen LogP contribution in [0.15, 0.2) is 66.9 Å². The third kappa shape index (κ3) is 4.30. The summed E-state index contributed by atoms with van der Waals surface area (Å²) in [6, 6.07) is 17.1. The molecular formula is C20H19N3O3. The molecule has 2 aromatic carbocycles. The molecule has 0 bridgehead atoms. The number of phenolic OH excluding ortho intramolecular Hbond substituents is 1. The first-order chi connectivity index (χ1) is 12.7. The fraction of sp³-hybridized carbons (Fsp3) is 0.100. The van der Waals surface area contributed by atoms with E-state index in [-0.39, 0.29) is 11.7 Å². The van der Waals surface area contributed by atoms with Crippen LogP contribution >= 0.6 is 0 Å². The van der Waals surface area contributed by atoms with Crippen LogP contribution in [0.5, 0.6) is 11.5 Å². The molecule has 132 valence electrons. The minimum absolute atomic E-state index is 0.180. The standard InChI is InChI=1S/C20H19N3O3/c1-2-26-17-6-3-5-14(13-17)20(25)23-18-7-4-12-21-19(18)22-15-8-10-16(24)11-9-15/h3-13,24H,2H2,1H3,(H,21,22)(H,23,25). The van der Waals surface area contributed by atoms with Crippen molar-refractivity contribution < 1.29 is 14.6 Å². The van der Waals surface area contributed by atoms with Crippen molar-refractivity contribution in [2.45, 2.75) is 6.92 Å². The normalized spacial score (nSPS) is 10.2. The topological polar surface area (TPSA) is 83.5 Å². The zero-order valence-corrected chi connectivity index (χ0v) is 14.3. The van der Waals surface area contributed by atoms with E-state index in [0.717, 1.165) is 5.69 Å². The number of carbonyl (C=O) groups is 1. The van der Waals surface area contributed by atoms with Gasteiger partial charge in [0.15, 0.2) is 5.82 Å². The van der Waals surface area contributed by atoms with Crippen molar-refractivity contribution in [3.63, 3.8) is 0 Å². The molecule has 0 radical (unpaired) electrons. The molecule has 26 heavy (non-hydrogen) atoms. The number of ether oxygens (including phenoxy) is 1. The number of carbonyl (C=O) groups excluding carboxylic acids is 1. The van der Waals surface area contributed by atoms with Crippen LogP contribution in [0.25, 0.3) is 0 Å². The van der Waals surface area contributed by atoms with Crippen molar-refractivity contribution in [3.8, 4) is 11.5 Å². The molecule has 0 aliphatic rings. The van der Waals surface area contributed by atoms with E-state index in [4.69, 9.17) is 4.74 Å². The highest BCUT2D eigenvalue weighted by molar-refractivity contribution is 6.06. The summed E-state index contributed by atoms with van der Waals surface area (Å²) in [4.78, 5) is 16.8. The molecule has 1 amide bonds. The number of pyridine rings is 1. The largest absolute Gasteiger partial charge is 0.508 e. The highest BCUT2D eigenvalue weighted by Crippen LogP contribution is 2.25. The molecule has 3 aromatic rings. The Morgan fingerprint density at radius 1 is 1.12 bits per heavy atom. The molecule has 0 aliphatic heterocycles. The van der Waals surface area contributed by atoms with Crippen LogP contribution in [-0.2, 0) is 0 Å². The van der Waals surface area contributed by atoms with Crippen molar-refractivity contribution in [2.75, 3.05) is 17.2 Å². The molecule has 0 saturated heterocycles. The van der Waals surface area contributed by atoms with Crippen molar-refractivity contribution in [1.82, 2.24) is 4.98 Å². The summed E-state index contributed by atoms with van der Waals surface area (Å²) in [5.74, 6) is 1.08. The number of amides is 1. The molecule has 0 saturated carbocycles. The van der Waals surface area contributed by atoms with Gasteiger partial charge in [-0.25, -0.2) is 4.98 Å². The predicted octanol–water partition coefficient (Wildman–Crippen LogP) is 4.18. The molecule has 0 unspecified atom stereocenters. The number of hydrogen-bond donors (Lipinski definition) is 3. The lowest BCUT2D eigenvalue weighted by molar-refractivity contribution is 0.102. The quantitative estimate of drug-likeness (QED) is 0.581. The lowest BCUT2D eigenvalue weighted by atomic mass is 10.2. The second-order valence-corrected chi connectivity index (χ2v) is 5.49. The fourth-order valence-electron chi connectivity index (χ4n) is 2.38. The van der Waals surface area contributed by atoms with E-state index in [1.54, 1.807) is 60.8 Å². The molecular weight excluding hydrogens is 330 g/mol. The number of phenols is 1. The van der Waals surface area contributed by atoms with E-state index in [1.807, 2.05) is 13.0 Å². The lowest BCUT2D eigenvalue weighted by Gasteiger charge is -2.12. The summed E-state index contributed by atoms with van der Waals surface area (Å²) >= 11 is 0. The maximum atomic E-state index is 12.6. The van der Waals surface area contributed by atoms with Crippen LogP contribution in [0.1, 0.15) is 17.3 Å². The minimum Gasteiger partial charge on any atom is -0.508 e. The third-order valence-electron chi connectivity index (χ3n) is 3.59. The fourth-order valence-corrected chi connectivity index (χ4v) is 2.38. The van der Waals surface area contributed by atoms with E-state index in [1.165, 1.54) is 0 Å². The van der Waals surface area contributed by atoms with E-state index in [2.05, 4.69) is 15.6 Å². The average Bonchev–Trinajstić information content (AvgIpc) is 2.66. The number of anilines is 3. The van der Waals surface area contributed by atoms with Gasteiger partial charge >= 0.3 is 0 Å². The van der Waals surface area contributed by atoms with Gasteiger partial charge in [0, 0.05) is 17.4 Å². The highest BCUT2D eigenvalue weighted by atomic mass is 16.5. The summed E-state index contributed by atoms with van der Waals surface area (Å²) in [7, 11) is 0. The summed E-state index contributed by atoms with van der Waals surface area (Å²) < 4.78 is 5.43. The number of rotatable bonds is 6. The van der Waals surface area contributed by atoms with Gasteiger partial charge in [-0.05, 0) is 61.5 Å². The Hall–Kier alpha value is -3.54. The van der Waals surface area contributed by atoms with Gasteiger partial charge in [-0.3, -0.25) is 4.79 Å². The maximum absolute atomic E-state index is 12.6. The Kier molecular flexibility index (Phi) is 5.34. The van der Waals surface area contributed by atoms with Crippen molar-refractivity contribution in [1.29, 1.82) is 0 Å². The van der Waals surface area contributed by atoms with Gasteiger partial charge in [0.25, 0.3) is 5.91 Å². The van der Waals surface area contributed by atoms with Crippen LogP contribution in [-0.4, -0.2) is 22.6 Å². The number of nitrogens with zero attached hydrogens (tertiary/aromatic N) is 1. The van der Waals surface area contributed by atoms with E-state index in [0.29, 0.717) is 29.4 Å². The molecule has 0 spiro atoms. The molecule has 3 N–H and O–H groups in total. The van der Waals surface area contributed by atoms with Gasteiger partial charge in [0.1, 0.15) is 11.5 Å². The Labute approximate surface area is 151 Å². The number of aromatic nitrogens is 1. The van der Waals surface area contributed by atoms with Crippen molar-refractivity contribution in [2.24, 2.45) is 0 Å². The maximum Gasteiger partial charge on any atom is 0.255 e. The first-order valence-corrected chi connectivity index (χ1v) is 8.21. The Bertz CT molecular complexity index is 895. The highest BCUT2D eigenvalue weighted by Gasteiger charge is 2.11. The summed E-state index contributed by atoms with van der Waals surface area (Å²) in [6.07, 6.45) is 1.63. The lowest BCUT2D eigenvalue weighted by Crippen LogP contribution is -2.13. The molecule has 6 nitrogen and oxygen atoms in total. The molecule has 0 atom stereocenters. The number of nitrogens with one attached hydrogen (secondary N) is 2. The third-order valence-corrected chi connectivity index (χ3v) is 3.59. The van der Waals surface area contributed by atoms with Gasteiger partial charge < -0.3 is 20.5 Å². The van der Waals surface area contributed by atoms with E-state index >= 15 is 0 Å². The molecule has 6 heteroatoms. The molecule has 0 aliphatic carbocycles. The van der Waals surface area contributed by atoms with Gasteiger partial charge in [-0.2, -0.15) is 0 Å². The Morgan fingerprint density at radius 3 is 2.69 bits per heavy atom. The second kappa shape index (κ2) is 8.02. The van der Waals surface area contributed by atoms with Crippen LogP contribution in [0.4, 0.5) is 17.2 Å². The van der Waals surface area contributed by atoms with Gasteiger partial charge in [-0.1, -0.05) is 6.07 Å². The van der Waals surface area contributed by atoms with E-state index < -0.39 is 0 Å². The van der Waals surface area contributed by atoms with E-state index in [9.17, 15) is 9.90 Å². The SMILES string of the molecule is CCOc1cccc(C(=O)Nc2cccnc2Nc2ccc(O)cc2)c1. The van der Waals surface area contributed by atoms with Gasteiger partial charge in [-0.15, -0.1) is 0 Å². The van der Waals surface area contributed by atoms with Crippen molar-refractivity contribution >= 4 is 23.1 Å². The molecule has 0 fully saturated rings. The summed E-state index contributed by atoms with van der Waals surface area (Å²) in [5, 5.41) is 15.4.